The van der Waals surface area contributed by atoms with Gasteiger partial charge >= 0.3 is 0 Å². The molecule has 3 heteroatoms. The van der Waals surface area contributed by atoms with E-state index in [0.717, 1.165) is 16.0 Å². The summed E-state index contributed by atoms with van der Waals surface area (Å²) in [6.07, 6.45) is 2.49. The molecule has 1 saturated carbocycles. The molecule has 1 atom stereocenters. The molecule has 0 aliphatic heterocycles. The molecule has 2 N–H and O–H groups in total. The van der Waals surface area contributed by atoms with Gasteiger partial charge in [0.05, 0.1) is 0 Å². The normalized spacial score (nSPS) is 16.8. The first-order chi connectivity index (χ1) is 8.65. The molecule has 1 aliphatic carbocycles. The number of benzene rings is 1. The van der Waals surface area contributed by atoms with E-state index in [9.17, 15) is 4.39 Å². The van der Waals surface area contributed by atoms with Gasteiger partial charge in [-0.15, -0.1) is 11.3 Å². The number of hydrogen-bond donors (Lipinski definition) is 1. The Kier molecular flexibility index (Phi) is 2.96. The maximum Gasteiger partial charge on any atom is 0.123 e. The Bertz CT molecular complexity index is 572. The van der Waals surface area contributed by atoms with Crippen LogP contribution in [0.3, 0.4) is 0 Å². The quantitative estimate of drug-likeness (QED) is 0.877. The van der Waals surface area contributed by atoms with Gasteiger partial charge in [-0.2, -0.15) is 0 Å². The van der Waals surface area contributed by atoms with E-state index in [1.807, 2.05) is 13.0 Å². The van der Waals surface area contributed by atoms with Gasteiger partial charge in [-0.3, -0.25) is 0 Å². The predicted molar refractivity (Wildman–Crippen MR) is 74.1 cm³/mol. The molecule has 0 spiro atoms. The van der Waals surface area contributed by atoms with E-state index in [1.165, 1.54) is 23.8 Å². The summed E-state index contributed by atoms with van der Waals surface area (Å²) >= 11 is 1.69. The third-order valence-electron chi connectivity index (χ3n) is 3.55. The van der Waals surface area contributed by atoms with Crippen molar-refractivity contribution in [2.24, 2.45) is 11.7 Å². The molecule has 1 aromatic heterocycles. The Hall–Kier alpha value is -1.19. The Morgan fingerprint density at radius 3 is 2.78 bits per heavy atom. The number of thiophene rings is 1. The zero-order valence-corrected chi connectivity index (χ0v) is 11.1. The molecular weight excluding hydrogens is 245 g/mol. The van der Waals surface area contributed by atoms with Gasteiger partial charge in [0.2, 0.25) is 0 Å². The van der Waals surface area contributed by atoms with Crippen molar-refractivity contribution in [2.75, 3.05) is 0 Å². The number of halogens is 1. The van der Waals surface area contributed by atoms with Gasteiger partial charge in [-0.25, -0.2) is 4.39 Å². The van der Waals surface area contributed by atoms with Crippen LogP contribution in [0, 0.1) is 18.7 Å². The van der Waals surface area contributed by atoms with Crippen LogP contribution in [0.2, 0.25) is 0 Å². The van der Waals surface area contributed by atoms with Crippen LogP contribution in [-0.2, 0) is 0 Å². The summed E-state index contributed by atoms with van der Waals surface area (Å²) in [5.41, 5.74) is 8.28. The van der Waals surface area contributed by atoms with E-state index >= 15 is 0 Å². The maximum absolute atomic E-state index is 13.3. The highest BCUT2D eigenvalue weighted by Gasteiger charge is 2.30. The zero-order valence-electron chi connectivity index (χ0n) is 10.3. The molecule has 0 saturated heterocycles. The van der Waals surface area contributed by atoms with E-state index in [4.69, 9.17) is 5.73 Å². The summed E-state index contributed by atoms with van der Waals surface area (Å²) in [6, 6.07) is 9.25. The molecule has 1 aliphatic rings. The standard InChI is InChI=1S/C15H16FNS/c1-9-2-5-11(16)8-12(9)13-6-7-14(18-13)15(17)10-3-4-10/h2,5-8,10,15H,3-4,17H2,1H3. The van der Waals surface area contributed by atoms with Crippen LogP contribution < -0.4 is 5.73 Å². The van der Waals surface area contributed by atoms with Crippen molar-refractivity contribution in [3.05, 3.63) is 46.6 Å². The molecule has 0 bridgehead atoms. The SMILES string of the molecule is Cc1ccc(F)cc1-c1ccc(C(N)C2CC2)s1. The van der Waals surface area contributed by atoms with E-state index in [2.05, 4.69) is 12.1 Å². The van der Waals surface area contributed by atoms with Crippen LogP contribution in [0.5, 0.6) is 0 Å². The fourth-order valence-electron chi connectivity index (χ4n) is 2.22. The van der Waals surface area contributed by atoms with Gasteiger partial charge in [0.15, 0.2) is 0 Å². The van der Waals surface area contributed by atoms with Crippen molar-refractivity contribution in [1.82, 2.24) is 0 Å². The van der Waals surface area contributed by atoms with Gasteiger partial charge in [-0.1, -0.05) is 6.07 Å². The summed E-state index contributed by atoms with van der Waals surface area (Å²) in [5.74, 6) is 0.474. The highest BCUT2D eigenvalue weighted by atomic mass is 32.1. The molecular formula is C15H16FNS. The summed E-state index contributed by atoms with van der Waals surface area (Å²) < 4.78 is 13.3. The maximum atomic E-state index is 13.3. The van der Waals surface area contributed by atoms with E-state index in [0.29, 0.717) is 5.92 Å². The molecule has 2 aromatic rings. The number of hydrogen-bond acceptors (Lipinski definition) is 2. The largest absolute Gasteiger partial charge is 0.323 e. The van der Waals surface area contributed by atoms with Crippen molar-refractivity contribution in [3.8, 4) is 10.4 Å². The van der Waals surface area contributed by atoms with Crippen molar-refractivity contribution in [2.45, 2.75) is 25.8 Å². The van der Waals surface area contributed by atoms with Gasteiger partial charge in [0, 0.05) is 15.8 Å². The van der Waals surface area contributed by atoms with Crippen LogP contribution in [0.4, 0.5) is 4.39 Å². The highest BCUT2D eigenvalue weighted by Crippen LogP contribution is 2.43. The fourth-order valence-corrected chi connectivity index (χ4v) is 3.41. The summed E-state index contributed by atoms with van der Waals surface area (Å²) in [6.45, 7) is 2.01. The van der Waals surface area contributed by atoms with Crippen LogP contribution in [-0.4, -0.2) is 0 Å². The van der Waals surface area contributed by atoms with E-state index in [1.54, 1.807) is 17.4 Å². The van der Waals surface area contributed by atoms with E-state index in [-0.39, 0.29) is 11.9 Å². The number of nitrogens with two attached hydrogens (primary N) is 1. The molecule has 94 valence electrons. The summed E-state index contributed by atoms with van der Waals surface area (Å²) in [7, 11) is 0. The fraction of sp³-hybridized carbons (Fsp3) is 0.333. The minimum absolute atomic E-state index is 0.164. The van der Waals surface area contributed by atoms with Gasteiger partial charge in [0.25, 0.3) is 0 Å². The smallest absolute Gasteiger partial charge is 0.123 e. The average molecular weight is 261 g/mol. The first kappa shape index (κ1) is 11.9. The second kappa shape index (κ2) is 4.48. The lowest BCUT2D eigenvalue weighted by Gasteiger charge is -2.07. The topological polar surface area (TPSA) is 26.0 Å². The Morgan fingerprint density at radius 2 is 2.06 bits per heavy atom. The third-order valence-corrected chi connectivity index (χ3v) is 4.77. The molecule has 0 amide bonds. The minimum Gasteiger partial charge on any atom is -0.323 e. The van der Waals surface area contributed by atoms with Gasteiger partial charge < -0.3 is 5.73 Å². The Labute approximate surface area is 110 Å². The van der Waals surface area contributed by atoms with Crippen LogP contribution >= 0.6 is 11.3 Å². The average Bonchev–Trinajstić information content (AvgIpc) is 3.09. The van der Waals surface area contributed by atoms with Crippen molar-refractivity contribution in [1.29, 1.82) is 0 Å². The lowest BCUT2D eigenvalue weighted by molar-refractivity contribution is 0.628. The molecule has 1 nitrogen and oxygen atoms in total. The molecule has 1 heterocycles. The molecule has 1 aromatic carbocycles. The molecule has 3 rings (SSSR count). The third kappa shape index (κ3) is 2.20. The van der Waals surface area contributed by atoms with Gasteiger partial charge in [0.1, 0.15) is 5.82 Å². The molecule has 1 unspecified atom stereocenters. The predicted octanol–water partition coefficient (Wildman–Crippen LogP) is 4.27. The van der Waals surface area contributed by atoms with Crippen LogP contribution in [0.1, 0.15) is 29.3 Å². The zero-order chi connectivity index (χ0) is 12.7. The minimum atomic E-state index is -0.183. The lowest BCUT2D eigenvalue weighted by Crippen LogP contribution is -2.10. The number of rotatable bonds is 3. The van der Waals surface area contributed by atoms with Gasteiger partial charge in [-0.05, 0) is 61.1 Å². The molecule has 18 heavy (non-hydrogen) atoms. The first-order valence-electron chi connectivity index (χ1n) is 6.27. The summed E-state index contributed by atoms with van der Waals surface area (Å²) in [5, 5.41) is 0. The second-order valence-electron chi connectivity index (χ2n) is 5.02. The van der Waals surface area contributed by atoms with Crippen molar-refractivity contribution in [3.63, 3.8) is 0 Å². The monoisotopic (exact) mass is 261 g/mol. The van der Waals surface area contributed by atoms with Crippen molar-refractivity contribution < 1.29 is 4.39 Å². The Balaban J connectivity index is 1.94. The van der Waals surface area contributed by atoms with E-state index < -0.39 is 0 Å². The first-order valence-corrected chi connectivity index (χ1v) is 7.08. The number of aryl methyl sites for hydroxylation is 1. The Morgan fingerprint density at radius 1 is 1.28 bits per heavy atom. The van der Waals surface area contributed by atoms with Crippen molar-refractivity contribution >= 4 is 11.3 Å². The second-order valence-corrected chi connectivity index (χ2v) is 6.14. The molecule has 1 fully saturated rings. The van der Waals surface area contributed by atoms with Crippen LogP contribution in [0.15, 0.2) is 30.3 Å². The summed E-state index contributed by atoms with van der Waals surface area (Å²) in [4.78, 5) is 2.33. The lowest BCUT2D eigenvalue weighted by atomic mass is 10.1. The van der Waals surface area contributed by atoms with Crippen LogP contribution in [0.25, 0.3) is 10.4 Å². The molecule has 0 radical (unpaired) electrons. The highest BCUT2D eigenvalue weighted by molar-refractivity contribution is 7.15.